The Hall–Kier alpha value is -2.29. The number of carbonyl (C=O) groups is 2. The van der Waals surface area contributed by atoms with E-state index in [1.165, 1.54) is 11.8 Å². The van der Waals surface area contributed by atoms with Crippen LogP contribution in [0, 0.1) is 5.41 Å². The Morgan fingerprint density at radius 1 is 1.14 bits per heavy atom. The summed E-state index contributed by atoms with van der Waals surface area (Å²) in [5.74, 6) is -2.26. The summed E-state index contributed by atoms with van der Waals surface area (Å²) in [6.45, 7) is 3.85. The van der Waals surface area contributed by atoms with Crippen molar-refractivity contribution in [2.75, 3.05) is 0 Å². The van der Waals surface area contributed by atoms with Gasteiger partial charge < -0.3 is 15.1 Å². The Labute approximate surface area is 224 Å². The van der Waals surface area contributed by atoms with Gasteiger partial charge in [0, 0.05) is 28.4 Å². The topological polar surface area (TPSA) is 77.8 Å². The number of hydrogen-bond acceptors (Lipinski definition) is 3. The molecule has 2 unspecified atom stereocenters. The second-order valence-corrected chi connectivity index (χ2v) is 11.1. The molecule has 0 aliphatic carbocycles. The Morgan fingerprint density at radius 2 is 1.76 bits per heavy atom. The molecule has 1 aliphatic heterocycles. The van der Waals surface area contributed by atoms with Gasteiger partial charge in [0.05, 0.1) is 17.9 Å². The van der Waals surface area contributed by atoms with Crippen molar-refractivity contribution in [1.82, 2.24) is 4.90 Å². The molecular weight excluding hydrogens is 530 g/mol. The number of aliphatic hydroxyl groups is 1. The molecule has 0 bridgehead atoms. The van der Waals surface area contributed by atoms with Crippen LogP contribution in [0.4, 0.5) is 13.2 Å². The number of piperidine rings is 1. The molecule has 5 nitrogen and oxygen atoms in total. The largest absolute Gasteiger partial charge is 0.481 e. The number of benzene rings is 2. The van der Waals surface area contributed by atoms with Crippen LogP contribution in [0.15, 0.2) is 48.5 Å². The molecule has 1 heterocycles. The van der Waals surface area contributed by atoms with Crippen LogP contribution in [-0.2, 0) is 9.59 Å². The third-order valence-electron chi connectivity index (χ3n) is 7.24. The average molecular weight is 560 g/mol. The van der Waals surface area contributed by atoms with Crippen molar-refractivity contribution < 1.29 is 33.0 Å². The molecule has 2 aromatic rings. The van der Waals surface area contributed by atoms with E-state index in [1.54, 1.807) is 55.5 Å². The molecule has 0 aromatic heterocycles. The Morgan fingerprint density at radius 3 is 2.27 bits per heavy atom. The van der Waals surface area contributed by atoms with Crippen LogP contribution < -0.4 is 0 Å². The normalized spacial score (nSPS) is 25.0. The summed E-state index contributed by atoms with van der Waals surface area (Å²) in [5, 5.41) is 20.9. The van der Waals surface area contributed by atoms with E-state index in [4.69, 9.17) is 23.2 Å². The van der Waals surface area contributed by atoms with Crippen molar-refractivity contribution in [3.05, 3.63) is 69.7 Å². The van der Waals surface area contributed by atoms with Gasteiger partial charge in [-0.2, -0.15) is 13.2 Å². The smallest absolute Gasteiger partial charge is 0.416 e. The maximum atomic E-state index is 14.1. The van der Waals surface area contributed by atoms with E-state index in [0.29, 0.717) is 22.5 Å². The number of alkyl halides is 3. The summed E-state index contributed by atoms with van der Waals surface area (Å²) in [4.78, 5) is 27.2. The molecule has 202 valence electrons. The van der Waals surface area contributed by atoms with E-state index in [1.807, 2.05) is 0 Å². The van der Waals surface area contributed by atoms with Gasteiger partial charge in [-0.05, 0) is 55.2 Å². The van der Waals surface area contributed by atoms with Crippen LogP contribution in [-0.4, -0.2) is 44.8 Å². The van der Waals surface area contributed by atoms with E-state index in [2.05, 4.69) is 0 Å². The quantitative estimate of drug-likeness (QED) is 0.364. The number of rotatable bonds is 8. The van der Waals surface area contributed by atoms with Crippen molar-refractivity contribution in [3.8, 4) is 0 Å². The molecule has 1 fully saturated rings. The summed E-state index contributed by atoms with van der Waals surface area (Å²) >= 11 is 12.4. The van der Waals surface area contributed by atoms with Gasteiger partial charge in [-0.3, -0.25) is 9.59 Å². The maximum absolute atomic E-state index is 14.1. The lowest BCUT2D eigenvalue weighted by molar-refractivity contribution is -0.259. The van der Waals surface area contributed by atoms with Crippen LogP contribution >= 0.6 is 23.2 Å². The van der Waals surface area contributed by atoms with Gasteiger partial charge >= 0.3 is 12.1 Å². The molecule has 2 aromatic carbocycles. The zero-order valence-corrected chi connectivity index (χ0v) is 22.2. The van der Waals surface area contributed by atoms with Crippen LogP contribution in [0.1, 0.15) is 69.5 Å². The molecule has 2 N–H and O–H groups in total. The van der Waals surface area contributed by atoms with Crippen molar-refractivity contribution in [2.24, 2.45) is 5.41 Å². The molecule has 0 spiro atoms. The second-order valence-electron chi connectivity index (χ2n) is 10.2. The lowest BCUT2D eigenvalue weighted by atomic mass is 9.66. The second kappa shape index (κ2) is 10.8. The van der Waals surface area contributed by atoms with E-state index < -0.39 is 59.9 Å². The van der Waals surface area contributed by atoms with Gasteiger partial charge in [-0.1, -0.05) is 61.3 Å². The summed E-state index contributed by atoms with van der Waals surface area (Å²) in [5.41, 5.74) is -3.12. The first-order chi connectivity index (χ1) is 17.1. The van der Waals surface area contributed by atoms with Crippen LogP contribution in [0.25, 0.3) is 0 Å². The highest BCUT2D eigenvalue weighted by Crippen LogP contribution is 2.53. The van der Waals surface area contributed by atoms with E-state index in [0.717, 1.165) is 5.56 Å². The monoisotopic (exact) mass is 559 g/mol. The minimum absolute atomic E-state index is 0.105. The van der Waals surface area contributed by atoms with Crippen LogP contribution in [0.2, 0.25) is 10.0 Å². The third-order valence-corrected chi connectivity index (χ3v) is 7.73. The number of carbonyl (C=O) groups excluding carboxylic acids is 1. The van der Waals surface area contributed by atoms with Gasteiger partial charge in [0.15, 0.2) is 5.60 Å². The number of amides is 1. The number of nitrogens with zero attached hydrogens (tertiary/aromatic N) is 1. The highest BCUT2D eigenvalue weighted by molar-refractivity contribution is 6.30. The predicted molar refractivity (Wildman–Crippen MR) is 136 cm³/mol. The number of carboxylic acid groups (broad SMARTS) is 1. The predicted octanol–water partition coefficient (Wildman–Crippen LogP) is 7.01. The number of hydrogen-bond donors (Lipinski definition) is 2. The van der Waals surface area contributed by atoms with E-state index in [-0.39, 0.29) is 12.8 Å². The van der Waals surface area contributed by atoms with Gasteiger partial charge in [0.1, 0.15) is 0 Å². The SMILES string of the molecule is CCC(CC(C)(O)C(F)(F)F)N1C(=O)[C@@](C)(CC(=O)O)C[C@H](c2cccc(Cl)c2)[C@H]1c1ccc(Cl)cc1. The first-order valence-corrected chi connectivity index (χ1v) is 12.7. The highest BCUT2D eigenvalue weighted by Gasteiger charge is 2.56. The third kappa shape index (κ3) is 6.24. The zero-order valence-electron chi connectivity index (χ0n) is 20.7. The molecule has 0 radical (unpaired) electrons. The van der Waals surface area contributed by atoms with Gasteiger partial charge in [0.2, 0.25) is 5.91 Å². The number of halogens is 5. The fraction of sp³-hybridized carbons (Fsp3) is 0.481. The molecule has 0 saturated carbocycles. The van der Waals surface area contributed by atoms with Gasteiger partial charge in [0.25, 0.3) is 0 Å². The molecule has 1 saturated heterocycles. The lowest BCUT2D eigenvalue weighted by Crippen LogP contribution is -2.58. The minimum Gasteiger partial charge on any atom is -0.481 e. The fourth-order valence-corrected chi connectivity index (χ4v) is 5.62. The molecular formula is C27H30Cl2F3NO4. The maximum Gasteiger partial charge on any atom is 0.416 e. The molecule has 10 heteroatoms. The number of carboxylic acids is 1. The van der Waals surface area contributed by atoms with Crippen molar-refractivity contribution in [1.29, 1.82) is 0 Å². The average Bonchev–Trinajstić information content (AvgIpc) is 2.78. The zero-order chi connectivity index (χ0) is 27.8. The number of aliphatic carboxylic acids is 1. The van der Waals surface area contributed by atoms with Gasteiger partial charge in [-0.15, -0.1) is 0 Å². The van der Waals surface area contributed by atoms with Crippen LogP contribution in [0.5, 0.6) is 0 Å². The summed E-state index contributed by atoms with van der Waals surface area (Å²) < 4.78 is 41.1. The Kier molecular flexibility index (Phi) is 8.57. The number of likely N-dealkylation sites (tertiary alicyclic amines) is 1. The van der Waals surface area contributed by atoms with Crippen molar-refractivity contribution in [2.45, 2.75) is 76.2 Å². The molecule has 1 amide bonds. The highest BCUT2D eigenvalue weighted by atomic mass is 35.5. The first-order valence-electron chi connectivity index (χ1n) is 11.9. The standard InChI is InChI=1S/C27H30Cl2F3NO4/c1-4-20(13-26(3,37)27(30,31)32)33-23(16-8-10-18(28)11-9-16)21(17-6-5-7-19(29)12-17)14-25(2,24(33)36)15-22(34)35/h5-12,20-21,23,37H,4,13-15H2,1-3H3,(H,34,35)/t20?,21-,23-,25-,26?/m1/s1. The Balaban J connectivity index is 2.25. The molecule has 37 heavy (non-hydrogen) atoms. The lowest BCUT2D eigenvalue weighted by Gasteiger charge is -2.52. The van der Waals surface area contributed by atoms with Gasteiger partial charge in [-0.25, -0.2) is 0 Å². The van der Waals surface area contributed by atoms with Crippen molar-refractivity contribution >= 4 is 35.1 Å². The molecule has 1 aliphatic rings. The Bertz CT molecular complexity index is 1140. The van der Waals surface area contributed by atoms with Crippen LogP contribution in [0.3, 0.4) is 0 Å². The summed E-state index contributed by atoms with van der Waals surface area (Å²) in [6.07, 6.45) is -5.96. The van der Waals surface area contributed by atoms with Crippen molar-refractivity contribution in [3.63, 3.8) is 0 Å². The molecule has 3 rings (SSSR count). The minimum atomic E-state index is -4.92. The summed E-state index contributed by atoms with van der Waals surface area (Å²) in [7, 11) is 0. The summed E-state index contributed by atoms with van der Waals surface area (Å²) in [6, 6.07) is 11.8. The fourth-order valence-electron chi connectivity index (χ4n) is 5.29. The molecule has 5 atom stereocenters. The van der Waals surface area contributed by atoms with E-state index in [9.17, 15) is 33.0 Å². The first kappa shape index (κ1) is 29.3. The van der Waals surface area contributed by atoms with E-state index >= 15 is 0 Å².